The number of aromatic nitrogens is 2. The summed E-state index contributed by atoms with van der Waals surface area (Å²) in [7, 11) is -3.85. The zero-order valence-electron chi connectivity index (χ0n) is 21.4. The molecule has 3 aliphatic rings. The summed E-state index contributed by atoms with van der Waals surface area (Å²) in [6, 6.07) is 8.89. The van der Waals surface area contributed by atoms with E-state index in [1.54, 1.807) is 32.0 Å². The monoisotopic (exact) mass is 509 g/mol. The van der Waals surface area contributed by atoms with Crippen molar-refractivity contribution in [3.05, 3.63) is 58.6 Å². The number of carbonyl (C=O) groups is 1. The van der Waals surface area contributed by atoms with Crippen molar-refractivity contribution in [2.75, 3.05) is 17.8 Å². The second kappa shape index (κ2) is 8.95. The predicted molar refractivity (Wildman–Crippen MR) is 139 cm³/mol. The summed E-state index contributed by atoms with van der Waals surface area (Å²) in [5, 5.41) is 7.28. The molecule has 2 aromatic rings. The highest BCUT2D eigenvalue weighted by Crippen LogP contribution is 2.50. The van der Waals surface area contributed by atoms with Gasteiger partial charge in [0.25, 0.3) is 10.0 Å². The van der Waals surface area contributed by atoms with Crippen LogP contribution in [0.15, 0.2) is 46.5 Å². The Morgan fingerprint density at radius 2 is 1.61 bits per heavy atom. The highest BCUT2D eigenvalue weighted by atomic mass is 32.2. The van der Waals surface area contributed by atoms with E-state index in [0.717, 1.165) is 49.2 Å². The van der Waals surface area contributed by atoms with Crippen molar-refractivity contribution in [1.82, 2.24) is 20.6 Å². The van der Waals surface area contributed by atoms with Gasteiger partial charge in [0.1, 0.15) is 0 Å². The van der Waals surface area contributed by atoms with E-state index in [9.17, 15) is 13.2 Å². The van der Waals surface area contributed by atoms with Crippen LogP contribution in [0, 0.1) is 25.2 Å². The van der Waals surface area contributed by atoms with E-state index >= 15 is 0 Å². The Hall–Kier alpha value is -2.78. The van der Waals surface area contributed by atoms with Gasteiger partial charge in [0.15, 0.2) is 5.78 Å². The van der Waals surface area contributed by atoms with E-state index in [0.29, 0.717) is 30.1 Å². The van der Waals surface area contributed by atoms with Gasteiger partial charge >= 0.3 is 0 Å². The maximum atomic E-state index is 13.1. The molecule has 1 aliphatic carbocycles. The Bertz CT molecular complexity index is 1310. The van der Waals surface area contributed by atoms with Crippen molar-refractivity contribution in [2.45, 2.75) is 70.2 Å². The molecule has 2 aliphatic heterocycles. The zero-order valence-corrected chi connectivity index (χ0v) is 22.3. The number of hydrogen-bond acceptors (Lipinski definition) is 7. The molecule has 8 nitrogen and oxygen atoms in total. The number of benzene rings is 1. The van der Waals surface area contributed by atoms with Crippen LogP contribution in [0.1, 0.15) is 62.9 Å². The number of ketones is 1. The molecule has 0 amide bonds. The first-order valence-electron chi connectivity index (χ1n) is 12.7. The quantitative estimate of drug-likeness (QED) is 0.563. The molecule has 0 bridgehead atoms. The van der Waals surface area contributed by atoms with Crippen molar-refractivity contribution in [3.63, 3.8) is 0 Å². The number of sulfonamides is 1. The maximum Gasteiger partial charge on any atom is 0.264 e. The van der Waals surface area contributed by atoms with Crippen LogP contribution >= 0.6 is 0 Å². The predicted octanol–water partition coefficient (Wildman–Crippen LogP) is 3.73. The smallest absolute Gasteiger partial charge is 0.264 e. The van der Waals surface area contributed by atoms with Crippen molar-refractivity contribution < 1.29 is 13.2 Å². The molecule has 192 valence electrons. The third-order valence-electron chi connectivity index (χ3n) is 7.75. The fourth-order valence-electron chi connectivity index (χ4n) is 6.13. The Morgan fingerprint density at radius 3 is 2.25 bits per heavy atom. The van der Waals surface area contributed by atoms with Gasteiger partial charge in [0, 0.05) is 35.5 Å². The standard InChI is InChI=1S/C27H35N5O3S/c1-17-13-18(2)30-25(29-17)32-36(34,35)21-7-5-19(6-8-21)27(20-9-11-28-12-10-20)14-22-23(31-27)15-26(3,4)16-24(22)33/h5-8,13,20,28,31H,9-12,14-16H2,1-4H3,(H,29,30,32). The Labute approximate surface area is 213 Å². The Balaban J connectivity index is 1.46. The summed E-state index contributed by atoms with van der Waals surface area (Å²) in [5.74, 6) is 0.643. The van der Waals surface area contributed by atoms with E-state index in [1.807, 2.05) is 12.1 Å². The topological polar surface area (TPSA) is 113 Å². The maximum absolute atomic E-state index is 13.1. The summed E-state index contributed by atoms with van der Waals surface area (Å²) in [5.41, 5.74) is 3.94. The summed E-state index contributed by atoms with van der Waals surface area (Å²) in [6.45, 7) is 9.76. The average Bonchev–Trinajstić information content (AvgIpc) is 3.19. The van der Waals surface area contributed by atoms with Crippen LogP contribution in [-0.4, -0.2) is 37.3 Å². The first-order valence-corrected chi connectivity index (χ1v) is 14.2. The molecule has 1 aromatic carbocycles. The van der Waals surface area contributed by atoms with Gasteiger partial charge in [-0.3, -0.25) is 4.79 Å². The van der Waals surface area contributed by atoms with Gasteiger partial charge in [0.05, 0.1) is 10.4 Å². The molecule has 1 fully saturated rings. The number of rotatable bonds is 5. The van der Waals surface area contributed by atoms with Gasteiger partial charge < -0.3 is 10.6 Å². The number of aryl methyl sites for hydroxylation is 2. The highest BCUT2D eigenvalue weighted by molar-refractivity contribution is 7.92. The number of anilines is 1. The molecule has 0 spiro atoms. The summed E-state index contributed by atoms with van der Waals surface area (Å²) < 4.78 is 28.7. The van der Waals surface area contributed by atoms with Crippen molar-refractivity contribution in [3.8, 4) is 0 Å². The molecule has 0 saturated carbocycles. The lowest BCUT2D eigenvalue weighted by Gasteiger charge is -2.42. The first kappa shape index (κ1) is 24.9. The molecular weight excluding hydrogens is 474 g/mol. The van der Waals surface area contributed by atoms with E-state index in [2.05, 4.69) is 39.2 Å². The van der Waals surface area contributed by atoms with Crippen LogP contribution in [0.2, 0.25) is 0 Å². The van der Waals surface area contributed by atoms with Crippen molar-refractivity contribution >= 4 is 21.8 Å². The lowest BCUT2D eigenvalue weighted by Crippen LogP contribution is -2.48. The molecule has 1 unspecified atom stereocenters. The van der Waals surface area contributed by atoms with Crippen molar-refractivity contribution in [2.24, 2.45) is 11.3 Å². The molecule has 5 rings (SSSR count). The fourth-order valence-corrected chi connectivity index (χ4v) is 7.07. The van der Waals surface area contributed by atoms with Gasteiger partial charge in [-0.05, 0) is 81.3 Å². The lowest BCUT2D eigenvalue weighted by molar-refractivity contribution is -0.118. The molecule has 3 heterocycles. The summed E-state index contributed by atoms with van der Waals surface area (Å²) in [4.78, 5) is 21.7. The van der Waals surface area contributed by atoms with Gasteiger partial charge in [0.2, 0.25) is 5.95 Å². The van der Waals surface area contributed by atoms with Crippen LogP contribution in [0.4, 0.5) is 5.95 Å². The van der Waals surface area contributed by atoms with E-state index in [-0.39, 0.29) is 22.0 Å². The number of nitrogens with zero attached hydrogens (tertiary/aromatic N) is 2. The first-order chi connectivity index (χ1) is 17.0. The number of allylic oxidation sites excluding steroid dienone is 1. The Kier molecular flexibility index (Phi) is 6.19. The largest absolute Gasteiger partial charge is 0.378 e. The van der Waals surface area contributed by atoms with Crippen LogP contribution in [0.25, 0.3) is 0 Å². The molecule has 3 N–H and O–H groups in total. The van der Waals surface area contributed by atoms with Crippen LogP contribution in [0.3, 0.4) is 0 Å². The normalized spacial score (nSPS) is 24.4. The minimum absolute atomic E-state index is 0.0626. The highest BCUT2D eigenvalue weighted by Gasteiger charge is 2.50. The number of piperidine rings is 1. The Morgan fingerprint density at radius 1 is 0.972 bits per heavy atom. The molecule has 9 heteroatoms. The molecule has 36 heavy (non-hydrogen) atoms. The lowest BCUT2D eigenvalue weighted by atomic mass is 9.70. The van der Waals surface area contributed by atoms with Gasteiger partial charge in [-0.1, -0.05) is 26.0 Å². The van der Waals surface area contributed by atoms with Crippen LogP contribution in [-0.2, 0) is 20.4 Å². The van der Waals surface area contributed by atoms with E-state index < -0.39 is 15.6 Å². The third-order valence-corrected chi connectivity index (χ3v) is 9.09. The molecule has 1 atom stereocenters. The number of Topliss-reactive ketones (excluding diaryl/α,β-unsaturated/α-hetero) is 1. The minimum atomic E-state index is -3.85. The van der Waals surface area contributed by atoms with Gasteiger partial charge in [-0.25, -0.2) is 23.1 Å². The third kappa shape index (κ3) is 4.66. The average molecular weight is 510 g/mol. The SMILES string of the molecule is Cc1cc(C)nc(NS(=O)(=O)c2ccc(C3(C4CCNCC4)CC4=C(CC(C)(C)CC4=O)N3)cc2)n1. The molecule has 1 saturated heterocycles. The molecule has 1 aromatic heterocycles. The zero-order chi connectivity index (χ0) is 25.7. The van der Waals surface area contributed by atoms with Gasteiger partial charge in [-0.15, -0.1) is 0 Å². The summed E-state index contributed by atoms with van der Waals surface area (Å²) >= 11 is 0. The fraction of sp³-hybridized carbons (Fsp3) is 0.519. The van der Waals surface area contributed by atoms with Crippen LogP contribution in [0.5, 0.6) is 0 Å². The van der Waals surface area contributed by atoms with Crippen molar-refractivity contribution in [1.29, 1.82) is 0 Å². The number of carbonyl (C=O) groups excluding carboxylic acids is 1. The van der Waals surface area contributed by atoms with Crippen LogP contribution < -0.4 is 15.4 Å². The second-order valence-corrected chi connectivity index (χ2v) is 13.0. The van der Waals surface area contributed by atoms with E-state index in [4.69, 9.17) is 0 Å². The summed E-state index contributed by atoms with van der Waals surface area (Å²) in [6.07, 6.45) is 4.07. The van der Waals surface area contributed by atoms with E-state index in [1.165, 1.54) is 0 Å². The molecule has 0 radical (unpaired) electrons. The second-order valence-electron chi connectivity index (χ2n) is 11.3. The number of nitrogens with one attached hydrogen (secondary N) is 3. The minimum Gasteiger partial charge on any atom is -0.378 e. The number of hydrogen-bond donors (Lipinski definition) is 3. The van der Waals surface area contributed by atoms with Gasteiger partial charge in [-0.2, -0.15) is 0 Å². The molecular formula is C27H35N5O3S.